The van der Waals surface area contributed by atoms with E-state index in [-0.39, 0.29) is 23.6 Å². The predicted octanol–water partition coefficient (Wildman–Crippen LogP) is 2.06. The maximum atomic E-state index is 13.3. The van der Waals surface area contributed by atoms with Gasteiger partial charge in [-0.1, -0.05) is 48.6 Å². The second-order valence-corrected chi connectivity index (χ2v) is 8.62. The third-order valence-corrected chi connectivity index (χ3v) is 7.04. The van der Waals surface area contributed by atoms with E-state index in [1.807, 2.05) is 48.6 Å². The lowest BCUT2D eigenvalue weighted by Crippen LogP contribution is -2.50. The molecular formula is C24H20N4O4. The first-order valence-corrected chi connectivity index (χ1v) is 10.6. The Balaban J connectivity index is 1.31. The number of nitrogens with zero attached hydrogens (tertiary/aromatic N) is 2. The van der Waals surface area contributed by atoms with Gasteiger partial charge in [-0.25, -0.2) is 0 Å². The van der Waals surface area contributed by atoms with Crippen molar-refractivity contribution in [2.24, 2.45) is 35.5 Å². The standard InChI is InChI=1S/C24H20N4O4/c29-21-17-15-11-12-16(18(17)22(30)27(21)25-13-7-3-1-4-8-13)20-19(15)23(31)28(24(20)32)26-14-9-5-2-6-10-14/h1-12,15-20,25-26H/t15?,16?,17-,18-,19+,20+. The number of hydrogen-bond donors (Lipinski definition) is 2. The maximum absolute atomic E-state index is 13.3. The lowest BCUT2D eigenvalue weighted by atomic mass is 9.54. The average Bonchev–Trinajstić information content (AvgIpc) is 3.24. The minimum Gasteiger partial charge on any atom is -0.289 e. The minimum absolute atomic E-state index is 0.351. The summed E-state index contributed by atoms with van der Waals surface area (Å²) in [5, 5.41) is 2.13. The van der Waals surface area contributed by atoms with Crippen LogP contribution in [0.4, 0.5) is 11.4 Å². The monoisotopic (exact) mass is 428 g/mol. The molecule has 5 aliphatic rings. The number of benzene rings is 2. The van der Waals surface area contributed by atoms with Crippen molar-refractivity contribution in [1.29, 1.82) is 0 Å². The molecule has 2 bridgehead atoms. The topological polar surface area (TPSA) is 98.8 Å². The van der Waals surface area contributed by atoms with E-state index in [0.717, 1.165) is 10.0 Å². The van der Waals surface area contributed by atoms with Gasteiger partial charge in [0.25, 0.3) is 23.6 Å². The summed E-state index contributed by atoms with van der Waals surface area (Å²) < 4.78 is 0. The predicted molar refractivity (Wildman–Crippen MR) is 114 cm³/mol. The maximum Gasteiger partial charge on any atom is 0.252 e. The van der Waals surface area contributed by atoms with Crippen LogP contribution in [0.2, 0.25) is 0 Å². The molecule has 2 unspecified atom stereocenters. The van der Waals surface area contributed by atoms with Crippen molar-refractivity contribution in [2.45, 2.75) is 0 Å². The van der Waals surface area contributed by atoms with Crippen LogP contribution in [0.1, 0.15) is 0 Å². The van der Waals surface area contributed by atoms with Crippen LogP contribution in [-0.2, 0) is 19.2 Å². The normalized spacial score (nSPS) is 32.4. The van der Waals surface area contributed by atoms with Crippen LogP contribution in [-0.4, -0.2) is 33.6 Å². The van der Waals surface area contributed by atoms with E-state index in [1.54, 1.807) is 24.3 Å². The Morgan fingerprint density at radius 3 is 1.12 bits per heavy atom. The number of nitrogens with one attached hydrogen (secondary N) is 2. The number of imide groups is 2. The first kappa shape index (κ1) is 18.8. The van der Waals surface area contributed by atoms with Gasteiger partial charge < -0.3 is 0 Å². The first-order valence-electron chi connectivity index (χ1n) is 10.6. The van der Waals surface area contributed by atoms with E-state index < -0.39 is 35.5 Å². The lowest BCUT2D eigenvalue weighted by molar-refractivity contribution is -0.138. The molecule has 2 N–H and O–H groups in total. The quantitative estimate of drug-likeness (QED) is 0.571. The van der Waals surface area contributed by atoms with Gasteiger partial charge >= 0.3 is 0 Å². The van der Waals surface area contributed by atoms with Gasteiger partial charge in [0.05, 0.1) is 35.0 Å². The van der Waals surface area contributed by atoms with Crippen LogP contribution in [0.5, 0.6) is 0 Å². The largest absolute Gasteiger partial charge is 0.289 e. The smallest absolute Gasteiger partial charge is 0.252 e. The molecule has 3 fully saturated rings. The molecule has 8 heteroatoms. The molecule has 3 aliphatic carbocycles. The zero-order valence-corrected chi connectivity index (χ0v) is 16.9. The van der Waals surface area contributed by atoms with Crippen LogP contribution in [0.3, 0.4) is 0 Å². The van der Waals surface area contributed by atoms with Crippen LogP contribution in [0.15, 0.2) is 72.8 Å². The molecule has 8 nitrogen and oxygen atoms in total. The van der Waals surface area contributed by atoms with E-state index in [1.165, 1.54) is 0 Å². The Labute approximate surface area is 183 Å². The third-order valence-electron chi connectivity index (χ3n) is 7.04. The van der Waals surface area contributed by atoms with Crippen molar-refractivity contribution in [3.05, 3.63) is 72.8 Å². The number of para-hydroxylation sites is 2. The van der Waals surface area contributed by atoms with E-state index in [0.29, 0.717) is 11.4 Å². The number of allylic oxidation sites excluding steroid dienone is 2. The summed E-state index contributed by atoms with van der Waals surface area (Å²) in [6.45, 7) is 0. The molecule has 1 saturated carbocycles. The highest BCUT2D eigenvalue weighted by Crippen LogP contribution is 2.57. The molecule has 2 aromatic rings. The first-order chi connectivity index (χ1) is 15.6. The molecule has 2 saturated heterocycles. The molecule has 2 aromatic carbocycles. The number of anilines is 2. The van der Waals surface area contributed by atoms with Gasteiger partial charge in [-0.3, -0.25) is 30.0 Å². The van der Waals surface area contributed by atoms with Crippen LogP contribution in [0.25, 0.3) is 0 Å². The van der Waals surface area contributed by atoms with Gasteiger partial charge in [0.2, 0.25) is 0 Å². The summed E-state index contributed by atoms with van der Waals surface area (Å²) in [6, 6.07) is 18.0. The Hall–Kier alpha value is -3.94. The molecule has 0 spiro atoms. The summed E-state index contributed by atoms with van der Waals surface area (Å²) in [5.41, 5.74) is 7.07. The number of rotatable bonds is 4. The summed E-state index contributed by atoms with van der Waals surface area (Å²) in [4.78, 5) is 53.1. The summed E-state index contributed by atoms with van der Waals surface area (Å²) in [5.74, 6) is -4.99. The minimum atomic E-state index is -0.650. The van der Waals surface area contributed by atoms with Gasteiger partial charge in [-0.2, -0.15) is 10.0 Å². The number of hydrazine groups is 2. The van der Waals surface area contributed by atoms with Crippen LogP contribution in [0, 0.1) is 35.5 Å². The van der Waals surface area contributed by atoms with Crippen molar-refractivity contribution in [3.8, 4) is 0 Å². The summed E-state index contributed by atoms with van der Waals surface area (Å²) in [7, 11) is 0. The van der Waals surface area contributed by atoms with Crippen molar-refractivity contribution in [2.75, 3.05) is 10.9 Å². The molecular weight excluding hydrogens is 408 g/mol. The van der Waals surface area contributed by atoms with Gasteiger partial charge in [-0.05, 0) is 24.3 Å². The molecule has 6 atom stereocenters. The van der Waals surface area contributed by atoms with Crippen molar-refractivity contribution >= 4 is 35.0 Å². The highest BCUT2D eigenvalue weighted by molar-refractivity contribution is 6.11. The Kier molecular flexibility index (Phi) is 3.98. The van der Waals surface area contributed by atoms with Crippen LogP contribution < -0.4 is 10.9 Å². The van der Waals surface area contributed by atoms with Gasteiger partial charge in [0, 0.05) is 11.8 Å². The molecule has 2 aliphatic heterocycles. The van der Waals surface area contributed by atoms with Crippen LogP contribution >= 0.6 is 0 Å². The van der Waals surface area contributed by atoms with Gasteiger partial charge in [0.1, 0.15) is 0 Å². The number of amides is 4. The van der Waals surface area contributed by atoms with Crippen molar-refractivity contribution in [1.82, 2.24) is 10.0 Å². The average molecular weight is 428 g/mol. The van der Waals surface area contributed by atoms with E-state index in [4.69, 9.17) is 0 Å². The SMILES string of the molecule is O=C1[C@@H]2C3C=CC([C@H]2C(=O)N1Nc1ccccc1)[C@@H]1C(=O)N(Nc2ccccc2)C(=O)[C@@H]31. The van der Waals surface area contributed by atoms with Gasteiger partial charge in [-0.15, -0.1) is 0 Å². The molecule has 160 valence electrons. The molecule has 4 amide bonds. The molecule has 2 heterocycles. The second kappa shape index (κ2) is 6.78. The highest BCUT2D eigenvalue weighted by atomic mass is 16.2. The van der Waals surface area contributed by atoms with Gasteiger partial charge in [0.15, 0.2) is 0 Å². The number of carbonyl (C=O) groups is 4. The summed E-state index contributed by atoms with van der Waals surface area (Å²) in [6.07, 6.45) is 3.70. The van der Waals surface area contributed by atoms with Crippen molar-refractivity contribution < 1.29 is 19.2 Å². The molecule has 7 rings (SSSR count). The molecule has 0 radical (unpaired) electrons. The fourth-order valence-electron chi connectivity index (χ4n) is 5.73. The zero-order chi connectivity index (χ0) is 22.0. The highest BCUT2D eigenvalue weighted by Gasteiger charge is 2.69. The fourth-order valence-corrected chi connectivity index (χ4v) is 5.73. The summed E-state index contributed by atoms with van der Waals surface area (Å²) >= 11 is 0. The number of carbonyl (C=O) groups excluding carboxylic acids is 4. The van der Waals surface area contributed by atoms with E-state index in [9.17, 15) is 19.2 Å². The Bertz CT molecular complexity index is 1030. The molecule has 0 aromatic heterocycles. The Morgan fingerprint density at radius 2 is 0.812 bits per heavy atom. The van der Waals surface area contributed by atoms with Crippen molar-refractivity contribution in [3.63, 3.8) is 0 Å². The Morgan fingerprint density at radius 1 is 0.500 bits per heavy atom. The fraction of sp³-hybridized carbons (Fsp3) is 0.250. The second-order valence-electron chi connectivity index (χ2n) is 8.62. The molecule has 32 heavy (non-hydrogen) atoms. The third kappa shape index (κ3) is 2.49. The lowest BCUT2D eigenvalue weighted by Gasteiger charge is -2.44. The number of hydrogen-bond acceptors (Lipinski definition) is 6. The van der Waals surface area contributed by atoms with E-state index in [2.05, 4.69) is 10.9 Å². The van der Waals surface area contributed by atoms with E-state index >= 15 is 0 Å². The zero-order valence-electron chi connectivity index (χ0n) is 16.9.